The molecule has 0 amide bonds. The molecule has 0 radical (unpaired) electrons. The minimum absolute atomic E-state index is 0.280. The van der Waals surface area contributed by atoms with Gasteiger partial charge in [0.15, 0.2) is 6.10 Å². The zero-order valence-electron chi connectivity index (χ0n) is 6.63. The predicted octanol–water partition coefficient (Wildman–Crippen LogP) is 0.895. The predicted molar refractivity (Wildman–Crippen MR) is 40.1 cm³/mol. The number of methoxy groups -OCH3 is 1. The summed E-state index contributed by atoms with van der Waals surface area (Å²) in [6, 6.07) is 0. The molecule has 0 bridgehead atoms. The first-order valence-electron chi connectivity index (χ1n) is 3.60. The maximum Gasteiger partial charge on any atom is 0.334 e. The van der Waals surface area contributed by atoms with Crippen LogP contribution in [0.1, 0.15) is 12.8 Å². The van der Waals surface area contributed by atoms with Crippen LogP contribution >= 0.6 is 0 Å². The van der Waals surface area contributed by atoms with Crippen molar-refractivity contribution in [1.82, 2.24) is 0 Å². The quantitative estimate of drug-likeness (QED) is 0.418. The summed E-state index contributed by atoms with van der Waals surface area (Å²) in [4.78, 5) is 10.9. The second kappa shape index (κ2) is 3.53. The maximum atomic E-state index is 10.9. The summed E-state index contributed by atoms with van der Waals surface area (Å²) in [5, 5.41) is 0. The van der Waals surface area contributed by atoms with Crippen molar-refractivity contribution in [3.8, 4) is 0 Å². The Balaban J connectivity index is 2.39. The second-order valence-corrected chi connectivity index (χ2v) is 2.61. The Morgan fingerprint density at radius 1 is 1.82 bits per heavy atom. The van der Waals surface area contributed by atoms with Crippen molar-refractivity contribution < 1.29 is 14.3 Å². The number of ether oxygens (including phenoxy) is 2. The number of carbonyl (C=O) groups excluding carboxylic acids is 1. The lowest BCUT2D eigenvalue weighted by Crippen LogP contribution is -2.29. The van der Waals surface area contributed by atoms with Crippen LogP contribution in [0.3, 0.4) is 0 Å². The fourth-order valence-corrected chi connectivity index (χ4v) is 1.03. The van der Waals surface area contributed by atoms with Gasteiger partial charge in [-0.1, -0.05) is 12.2 Å². The lowest BCUT2D eigenvalue weighted by atomic mass is 10.1. The fourth-order valence-electron chi connectivity index (χ4n) is 1.03. The number of hydrogen-bond acceptors (Lipinski definition) is 3. The van der Waals surface area contributed by atoms with Crippen LogP contribution in [-0.4, -0.2) is 25.8 Å². The molecule has 0 aromatic rings. The second-order valence-electron chi connectivity index (χ2n) is 2.61. The van der Waals surface area contributed by atoms with Gasteiger partial charge < -0.3 is 9.47 Å². The van der Waals surface area contributed by atoms with Crippen LogP contribution in [0, 0.1) is 0 Å². The van der Waals surface area contributed by atoms with E-state index in [-0.39, 0.29) is 12.1 Å². The van der Waals surface area contributed by atoms with Gasteiger partial charge >= 0.3 is 5.97 Å². The summed E-state index contributed by atoms with van der Waals surface area (Å²) in [6.07, 6.45) is 1.19. The molecular formula is C8H12O3. The molecule has 0 aliphatic carbocycles. The van der Waals surface area contributed by atoms with Crippen molar-refractivity contribution in [1.29, 1.82) is 0 Å². The lowest BCUT2D eigenvalue weighted by molar-refractivity contribution is -0.155. The molecule has 1 heterocycles. The van der Waals surface area contributed by atoms with Gasteiger partial charge in [0.05, 0.1) is 13.7 Å². The molecule has 1 atom stereocenters. The zero-order chi connectivity index (χ0) is 8.27. The number of esters is 1. The van der Waals surface area contributed by atoms with Crippen molar-refractivity contribution in [2.45, 2.75) is 18.9 Å². The smallest absolute Gasteiger partial charge is 0.334 e. The highest BCUT2D eigenvalue weighted by molar-refractivity contribution is 5.74. The molecule has 1 rings (SSSR count). The Bertz CT molecular complexity index is 164. The van der Waals surface area contributed by atoms with E-state index in [0.717, 1.165) is 12.0 Å². The van der Waals surface area contributed by atoms with E-state index in [1.54, 1.807) is 0 Å². The molecule has 0 saturated carbocycles. The molecule has 0 aromatic carbocycles. The van der Waals surface area contributed by atoms with Crippen LogP contribution in [0.2, 0.25) is 0 Å². The number of rotatable bonds is 1. The summed E-state index contributed by atoms with van der Waals surface area (Å²) in [5.74, 6) is -0.280. The van der Waals surface area contributed by atoms with Crippen LogP contribution < -0.4 is 0 Å². The van der Waals surface area contributed by atoms with E-state index in [1.807, 2.05) is 0 Å². The number of hydrogen-bond donors (Lipinski definition) is 0. The molecule has 1 unspecified atom stereocenters. The monoisotopic (exact) mass is 156 g/mol. The number of carbonyl (C=O) groups is 1. The van der Waals surface area contributed by atoms with Gasteiger partial charge in [-0.15, -0.1) is 0 Å². The summed E-state index contributed by atoms with van der Waals surface area (Å²) in [7, 11) is 1.37. The molecule has 3 heteroatoms. The van der Waals surface area contributed by atoms with Crippen LogP contribution in [0.4, 0.5) is 0 Å². The van der Waals surface area contributed by atoms with Crippen molar-refractivity contribution in [3.05, 3.63) is 12.2 Å². The van der Waals surface area contributed by atoms with E-state index in [4.69, 9.17) is 4.74 Å². The van der Waals surface area contributed by atoms with Crippen molar-refractivity contribution >= 4 is 5.97 Å². The van der Waals surface area contributed by atoms with Gasteiger partial charge in [-0.05, 0) is 12.8 Å². The third-order valence-corrected chi connectivity index (χ3v) is 1.71. The third kappa shape index (κ3) is 2.05. The highest BCUT2D eigenvalue weighted by atomic mass is 16.6. The van der Waals surface area contributed by atoms with Crippen LogP contribution in [-0.2, 0) is 14.3 Å². The molecule has 1 aliphatic rings. The zero-order valence-corrected chi connectivity index (χ0v) is 6.63. The maximum absolute atomic E-state index is 10.9. The van der Waals surface area contributed by atoms with E-state index in [9.17, 15) is 4.79 Å². The first-order chi connectivity index (χ1) is 5.24. The van der Waals surface area contributed by atoms with Crippen molar-refractivity contribution in [3.63, 3.8) is 0 Å². The average Bonchev–Trinajstić information content (AvgIpc) is 2.05. The van der Waals surface area contributed by atoms with Gasteiger partial charge in [0, 0.05) is 0 Å². The van der Waals surface area contributed by atoms with Crippen LogP contribution in [0.15, 0.2) is 12.2 Å². The van der Waals surface area contributed by atoms with Gasteiger partial charge in [0.2, 0.25) is 0 Å². The molecule has 62 valence electrons. The first kappa shape index (κ1) is 8.27. The lowest BCUT2D eigenvalue weighted by Gasteiger charge is -2.21. The Morgan fingerprint density at radius 3 is 3.00 bits per heavy atom. The van der Waals surface area contributed by atoms with E-state index >= 15 is 0 Å². The van der Waals surface area contributed by atoms with Gasteiger partial charge in [-0.25, -0.2) is 4.79 Å². The largest absolute Gasteiger partial charge is 0.467 e. The van der Waals surface area contributed by atoms with E-state index < -0.39 is 0 Å². The molecule has 0 spiro atoms. The Hall–Kier alpha value is -0.830. The van der Waals surface area contributed by atoms with E-state index in [0.29, 0.717) is 13.0 Å². The minimum Gasteiger partial charge on any atom is -0.467 e. The molecular weight excluding hydrogens is 144 g/mol. The highest BCUT2D eigenvalue weighted by Gasteiger charge is 2.23. The average molecular weight is 156 g/mol. The van der Waals surface area contributed by atoms with Crippen LogP contribution in [0.5, 0.6) is 0 Å². The molecule has 1 fully saturated rings. The fraction of sp³-hybridized carbons (Fsp3) is 0.625. The van der Waals surface area contributed by atoms with Gasteiger partial charge in [-0.2, -0.15) is 0 Å². The normalized spacial score (nSPS) is 24.8. The van der Waals surface area contributed by atoms with Gasteiger partial charge in [0.1, 0.15) is 0 Å². The molecule has 0 aromatic heterocycles. The summed E-state index contributed by atoms with van der Waals surface area (Å²) in [6.45, 7) is 4.24. The molecule has 0 N–H and O–H groups in total. The SMILES string of the molecule is C=C1CCC(C(=O)OC)OC1. The third-order valence-electron chi connectivity index (χ3n) is 1.71. The summed E-state index contributed by atoms with van der Waals surface area (Å²) >= 11 is 0. The molecule has 3 nitrogen and oxygen atoms in total. The summed E-state index contributed by atoms with van der Waals surface area (Å²) < 4.78 is 9.70. The van der Waals surface area contributed by atoms with E-state index in [2.05, 4.69) is 11.3 Å². The topological polar surface area (TPSA) is 35.5 Å². The molecule has 1 aliphatic heterocycles. The Morgan fingerprint density at radius 2 is 2.55 bits per heavy atom. The standard InChI is InChI=1S/C8H12O3/c1-6-3-4-7(11-5-6)8(9)10-2/h7H,1,3-5H2,2H3. The molecule has 11 heavy (non-hydrogen) atoms. The van der Waals surface area contributed by atoms with Gasteiger partial charge in [-0.3, -0.25) is 0 Å². The van der Waals surface area contributed by atoms with Gasteiger partial charge in [0.25, 0.3) is 0 Å². The van der Waals surface area contributed by atoms with Crippen molar-refractivity contribution in [2.24, 2.45) is 0 Å². The minimum atomic E-state index is -0.370. The first-order valence-corrected chi connectivity index (χ1v) is 3.60. The Kier molecular flexibility index (Phi) is 2.65. The van der Waals surface area contributed by atoms with E-state index in [1.165, 1.54) is 7.11 Å². The molecule has 1 saturated heterocycles. The Labute approximate surface area is 66.0 Å². The van der Waals surface area contributed by atoms with Crippen LogP contribution in [0.25, 0.3) is 0 Å². The summed E-state index contributed by atoms with van der Waals surface area (Å²) in [5.41, 5.74) is 1.05. The highest BCUT2D eigenvalue weighted by Crippen LogP contribution is 2.16. The van der Waals surface area contributed by atoms with Crippen molar-refractivity contribution in [2.75, 3.05) is 13.7 Å².